The van der Waals surface area contributed by atoms with E-state index in [0.717, 1.165) is 11.1 Å². The van der Waals surface area contributed by atoms with Crippen molar-refractivity contribution in [3.8, 4) is 0 Å². The monoisotopic (exact) mass is 302 g/mol. The predicted octanol–water partition coefficient (Wildman–Crippen LogP) is 2.97. The van der Waals surface area contributed by atoms with Crippen LogP contribution in [-0.2, 0) is 21.1 Å². The van der Waals surface area contributed by atoms with Crippen LogP contribution in [0.25, 0.3) is 0 Å². The summed E-state index contributed by atoms with van der Waals surface area (Å²) < 4.78 is 24.3. The fourth-order valence-electron chi connectivity index (χ4n) is 2.04. The number of hydrogen-bond donors (Lipinski definition) is 0. The van der Waals surface area contributed by atoms with E-state index in [1.165, 1.54) is 0 Å². The van der Waals surface area contributed by atoms with E-state index in [1.807, 2.05) is 37.3 Å². The van der Waals surface area contributed by atoms with Gasteiger partial charge >= 0.3 is 0 Å². The number of benzene rings is 2. The highest BCUT2D eigenvalue weighted by Crippen LogP contribution is 2.13. The average molecular weight is 302 g/mol. The Kier molecular flexibility index (Phi) is 4.91. The van der Waals surface area contributed by atoms with Crippen molar-refractivity contribution in [1.29, 1.82) is 0 Å². The maximum atomic E-state index is 12.1. The Balaban J connectivity index is 1.97. The Bertz CT molecular complexity index is 701. The van der Waals surface area contributed by atoms with Gasteiger partial charge in [0.05, 0.1) is 4.90 Å². The van der Waals surface area contributed by atoms with Gasteiger partial charge in [0, 0.05) is 6.42 Å². The van der Waals surface area contributed by atoms with Gasteiger partial charge in [0.15, 0.2) is 9.84 Å². The van der Waals surface area contributed by atoms with Gasteiger partial charge in [-0.15, -0.1) is 0 Å². The molecule has 0 N–H and O–H groups in total. The minimum Gasteiger partial charge on any atom is -0.299 e. The molecule has 0 aromatic heterocycles. The van der Waals surface area contributed by atoms with Crippen LogP contribution < -0.4 is 0 Å². The molecule has 0 saturated heterocycles. The standard InChI is InChI=1S/C17H18O3S/c1-14-7-11-17(12-8-14)21(19,20)13-16(18)10-9-15-5-3-2-4-6-15/h2-8,11-12H,9-10,13H2,1H3. The first-order valence-corrected chi connectivity index (χ1v) is 8.48. The summed E-state index contributed by atoms with van der Waals surface area (Å²) >= 11 is 0. The number of carbonyl (C=O) groups excluding carboxylic acids is 1. The normalized spacial score (nSPS) is 11.3. The molecule has 110 valence electrons. The molecule has 0 heterocycles. The number of ketones is 1. The number of Topliss-reactive ketones (excluding diaryl/α,β-unsaturated/α-hetero) is 1. The van der Waals surface area contributed by atoms with Gasteiger partial charge < -0.3 is 0 Å². The molecule has 0 spiro atoms. The molecule has 0 saturated carbocycles. The third-order valence-electron chi connectivity index (χ3n) is 3.27. The van der Waals surface area contributed by atoms with Crippen LogP contribution in [0.5, 0.6) is 0 Å². The van der Waals surface area contributed by atoms with Gasteiger partial charge in [-0.1, -0.05) is 48.0 Å². The first-order chi connectivity index (χ1) is 9.97. The van der Waals surface area contributed by atoms with Gasteiger partial charge in [-0.3, -0.25) is 4.79 Å². The molecule has 4 heteroatoms. The fourth-order valence-corrected chi connectivity index (χ4v) is 3.33. The molecular formula is C17H18O3S. The quantitative estimate of drug-likeness (QED) is 0.824. The van der Waals surface area contributed by atoms with Crippen LogP contribution in [-0.4, -0.2) is 20.0 Å². The molecule has 0 aliphatic carbocycles. The molecule has 0 fully saturated rings. The molecule has 2 aromatic carbocycles. The van der Waals surface area contributed by atoms with Gasteiger partial charge in [0.25, 0.3) is 0 Å². The molecule has 0 aliphatic heterocycles. The summed E-state index contributed by atoms with van der Waals surface area (Å²) in [4.78, 5) is 12.1. The second kappa shape index (κ2) is 6.68. The molecule has 0 bridgehead atoms. The minimum absolute atomic E-state index is 0.209. The van der Waals surface area contributed by atoms with Gasteiger partial charge in [-0.2, -0.15) is 0 Å². The molecule has 0 amide bonds. The third-order valence-corrected chi connectivity index (χ3v) is 4.96. The molecule has 2 aromatic rings. The molecule has 0 unspecified atom stereocenters. The Morgan fingerprint density at radius 3 is 2.19 bits per heavy atom. The highest BCUT2D eigenvalue weighted by Gasteiger charge is 2.18. The number of aryl methyl sites for hydroxylation is 2. The van der Waals surface area contributed by atoms with Crippen LogP contribution in [0.4, 0.5) is 0 Å². The maximum absolute atomic E-state index is 12.1. The van der Waals surface area contributed by atoms with E-state index < -0.39 is 15.6 Å². The summed E-state index contributed by atoms with van der Waals surface area (Å²) in [6.45, 7) is 1.89. The Labute approximate surface area is 125 Å². The van der Waals surface area contributed by atoms with Crippen LogP contribution in [0.2, 0.25) is 0 Å². The molecule has 0 radical (unpaired) electrons. The van der Waals surface area contributed by atoms with Gasteiger partial charge in [0.1, 0.15) is 11.5 Å². The summed E-state index contributed by atoms with van der Waals surface area (Å²) in [7, 11) is -3.53. The topological polar surface area (TPSA) is 51.2 Å². The van der Waals surface area contributed by atoms with Crippen LogP contribution in [0.1, 0.15) is 17.5 Å². The van der Waals surface area contributed by atoms with Crippen molar-refractivity contribution in [2.45, 2.75) is 24.7 Å². The Morgan fingerprint density at radius 2 is 1.57 bits per heavy atom. The third kappa shape index (κ3) is 4.53. The van der Waals surface area contributed by atoms with Gasteiger partial charge in [-0.05, 0) is 31.0 Å². The summed E-state index contributed by atoms with van der Waals surface area (Å²) in [5.74, 6) is -0.678. The van der Waals surface area contributed by atoms with Crippen molar-refractivity contribution >= 4 is 15.6 Å². The minimum atomic E-state index is -3.53. The summed E-state index contributed by atoms with van der Waals surface area (Å²) in [5.41, 5.74) is 2.03. The summed E-state index contributed by atoms with van der Waals surface area (Å²) in [6, 6.07) is 16.2. The van der Waals surface area contributed by atoms with Crippen molar-refractivity contribution in [3.63, 3.8) is 0 Å². The molecule has 21 heavy (non-hydrogen) atoms. The Morgan fingerprint density at radius 1 is 0.952 bits per heavy atom. The van der Waals surface area contributed by atoms with Crippen molar-refractivity contribution in [2.24, 2.45) is 0 Å². The van der Waals surface area contributed by atoms with E-state index in [-0.39, 0.29) is 17.1 Å². The Hall–Kier alpha value is -1.94. The van der Waals surface area contributed by atoms with Crippen LogP contribution in [0.3, 0.4) is 0 Å². The van der Waals surface area contributed by atoms with Crippen LogP contribution in [0.15, 0.2) is 59.5 Å². The van der Waals surface area contributed by atoms with Crippen LogP contribution >= 0.6 is 0 Å². The maximum Gasteiger partial charge on any atom is 0.185 e. The highest BCUT2D eigenvalue weighted by molar-refractivity contribution is 7.92. The first kappa shape index (κ1) is 15.4. The van der Waals surface area contributed by atoms with Crippen molar-refractivity contribution in [1.82, 2.24) is 0 Å². The predicted molar refractivity (Wildman–Crippen MR) is 83.0 cm³/mol. The van der Waals surface area contributed by atoms with E-state index in [1.54, 1.807) is 24.3 Å². The number of hydrogen-bond acceptors (Lipinski definition) is 3. The lowest BCUT2D eigenvalue weighted by Gasteiger charge is -2.05. The van der Waals surface area contributed by atoms with Crippen molar-refractivity contribution in [2.75, 3.05) is 5.75 Å². The highest BCUT2D eigenvalue weighted by atomic mass is 32.2. The SMILES string of the molecule is Cc1ccc(S(=O)(=O)CC(=O)CCc2ccccc2)cc1. The zero-order valence-corrected chi connectivity index (χ0v) is 12.8. The van der Waals surface area contributed by atoms with E-state index in [0.29, 0.717) is 6.42 Å². The summed E-state index contributed by atoms with van der Waals surface area (Å²) in [6.07, 6.45) is 0.818. The summed E-state index contributed by atoms with van der Waals surface area (Å²) in [5, 5.41) is 0. The van der Waals surface area contributed by atoms with Crippen molar-refractivity contribution < 1.29 is 13.2 Å². The number of rotatable bonds is 6. The number of sulfone groups is 1. The lowest BCUT2D eigenvalue weighted by molar-refractivity contribution is -0.116. The molecule has 0 atom stereocenters. The van der Waals surface area contributed by atoms with Gasteiger partial charge in [0.2, 0.25) is 0 Å². The van der Waals surface area contributed by atoms with E-state index in [2.05, 4.69) is 0 Å². The zero-order valence-electron chi connectivity index (χ0n) is 12.0. The van der Waals surface area contributed by atoms with Gasteiger partial charge in [-0.25, -0.2) is 8.42 Å². The van der Waals surface area contributed by atoms with E-state index in [4.69, 9.17) is 0 Å². The fraction of sp³-hybridized carbons (Fsp3) is 0.235. The zero-order chi connectivity index (χ0) is 15.3. The average Bonchev–Trinajstić information content (AvgIpc) is 2.46. The van der Waals surface area contributed by atoms with Crippen LogP contribution in [0, 0.1) is 6.92 Å². The molecule has 2 rings (SSSR count). The van der Waals surface area contributed by atoms with Crippen molar-refractivity contribution in [3.05, 3.63) is 65.7 Å². The second-order valence-corrected chi connectivity index (χ2v) is 7.09. The molecular weight excluding hydrogens is 284 g/mol. The lowest BCUT2D eigenvalue weighted by atomic mass is 10.1. The lowest BCUT2D eigenvalue weighted by Crippen LogP contribution is -2.16. The molecule has 0 aliphatic rings. The molecule has 3 nitrogen and oxygen atoms in total. The number of carbonyl (C=O) groups is 1. The second-order valence-electron chi connectivity index (χ2n) is 5.10. The first-order valence-electron chi connectivity index (χ1n) is 6.82. The smallest absolute Gasteiger partial charge is 0.185 e. The van der Waals surface area contributed by atoms with E-state index in [9.17, 15) is 13.2 Å². The van der Waals surface area contributed by atoms with E-state index >= 15 is 0 Å². The largest absolute Gasteiger partial charge is 0.299 e.